The number of carbonyl (C=O) groups excluding carboxylic acids is 1. The van der Waals surface area contributed by atoms with Crippen molar-refractivity contribution in [3.8, 4) is 11.3 Å². The molecule has 1 amide bonds. The van der Waals surface area contributed by atoms with Crippen molar-refractivity contribution in [3.05, 3.63) is 81.2 Å². The van der Waals surface area contributed by atoms with Crippen molar-refractivity contribution in [2.45, 2.75) is 39.3 Å². The van der Waals surface area contributed by atoms with Gasteiger partial charge in [-0.15, -0.1) is 4.40 Å². The van der Waals surface area contributed by atoms with Gasteiger partial charge in [0.1, 0.15) is 11.0 Å². The van der Waals surface area contributed by atoms with Gasteiger partial charge in [0, 0.05) is 37.8 Å². The fourth-order valence-electron chi connectivity index (χ4n) is 5.00. The Balaban J connectivity index is 1.81. The van der Waals surface area contributed by atoms with Crippen LogP contribution < -0.4 is 4.72 Å². The van der Waals surface area contributed by atoms with Crippen LogP contribution in [0, 0.1) is 5.82 Å². The Morgan fingerprint density at radius 2 is 1.91 bits per heavy atom. The standard InChI is InChI=1S/C30H34Cl2FN6O3S/c1-19(2)23-14-21(17-37(4)5)10-11-27(23)35-43(41,42)36-30(39-13-12-38(18-40)16-20(39)3)24-15-25(31)28(34-29(24)32)22-8-6-7-9-26(22)33/h6-11,14-15,19-20,35H,12-13,16-17H2,1-5H3/b36-30+/t20-/m0/s1. The number of anilines is 1. The number of pyridine rings is 1. The molecule has 1 aliphatic rings. The fourth-order valence-corrected chi connectivity index (χ4v) is 6.42. The van der Waals surface area contributed by atoms with Gasteiger partial charge in [0.05, 0.1) is 22.0 Å². The molecule has 2 heterocycles. The Morgan fingerprint density at radius 1 is 1.19 bits per heavy atom. The highest BCUT2D eigenvalue weighted by atomic mass is 35.5. The highest BCUT2D eigenvalue weighted by molar-refractivity contribution is 7.91. The van der Waals surface area contributed by atoms with Gasteiger partial charge in [-0.1, -0.05) is 61.3 Å². The van der Waals surface area contributed by atoms with Crippen molar-refractivity contribution < 1.29 is 17.6 Å². The maximum Gasteiger partial charge on any atom is 0.344 e. The van der Waals surface area contributed by atoms with Gasteiger partial charge in [0.15, 0.2) is 5.84 Å². The molecule has 43 heavy (non-hydrogen) atoms. The molecule has 0 unspecified atom stereocenters. The second-order valence-corrected chi connectivity index (χ2v) is 13.1. The molecule has 1 aliphatic heterocycles. The fraction of sp³-hybridized carbons (Fsp3) is 0.367. The van der Waals surface area contributed by atoms with Gasteiger partial charge in [0.2, 0.25) is 0 Å². The molecule has 1 N–H and O–H groups in total. The number of amides is 1. The van der Waals surface area contributed by atoms with Crippen LogP contribution in [-0.2, 0) is 21.5 Å². The first-order chi connectivity index (χ1) is 20.3. The van der Waals surface area contributed by atoms with Crippen LogP contribution in [0.3, 0.4) is 0 Å². The lowest BCUT2D eigenvalue weighted by Gasteiger charge is -2.39. The number of rotatable bonds is 9. The summed E-state index contributed by atoms with van der Waals surface area (Å²) in [5.41, 5.74) is 2.68. The van der Waals surface area contributed by atoms with E-state index in [2.05, 4.69) is 14.1 Å². The zero-order chi connectivity index (χ0) is 31.5. The first-order valence-electron chi connectivity index (χ1n) is 13.7. The third kappa shape index (κ3) is 7.83. The maximum atomic E-state index is 14.6. The lowest BCUT2D eigenvalue weighted by molar-refractivity contribution is 0.191. The molecule has 1 aromatic heterocycles. The number of benzene rings is 2. The molecule has 1 saturated heterocycles. The summed E-state index contributed by atoms with van der Waals surface area (Å²) in [6, 6.07) is 12.7. The Labute approximate surface area is 262 Å². The van der Waals surface area contributed by atoms with E-state index in [-0.39, 0.29) is 64.4 Å². The topological polar surface area (TPSA) is 98.2 Å². The van der Waals surface area contributed by atoms with E-state index in [9.17, 15) is 17.6 Å². The van der Waals surface area contributed by atoms with E-state index in [1.165, 1.54) is 23.1 Å². The minimum atomic E-state index is -4.36. The van der Waals surface area contributed by atoms with Crippen LogP contribution in [0.25, 0.3) is 11.3 Å². The summed E-state index contributed by atoms with van der Waals surface area (Å²) >= 11 is 13.2. The normalized spacial score (nSPS) is 16.2. The number of aromatic nitrogens is 1. The largest absolute Gasteiger partial charge is 0.349 e. The van der Waals surface area contributed by atoms with Crippen LogP contribution in [0.5, 0.6) is 0 Å². The zero-order valence-corrected chi connectivity index (χ0v) is 26.9. The molecule has 229 valence electrons. The van der Waals surface area contributed by atoms with Crippen molar-refractivity contribution >= 4 is 51.3 Å². The molecular weight excluding hydrogens is 614 g/mol. The van der Waals surface area contributed by atoms with Gasteiger partial charge in [-0.3, -0.25) is 9.52 Å². The number of halogens is 3. The average Bonchev–Trinajstić information content (AvgIpc) is 2.93. The van der Waals surface area contributed by atoms with Crippen molar-refractivity contribution in [2.75, 3.05) is 38.5 Å². The summed E-state index contributed by atoms with van der Waals surface area (Å²) in [7, 11) is -0.432. The van der Waals surface area contributed by atoms with Gasteiger partial charge in [-0.2, -0.15) is 8.42 Å². The van der Waals surface area contributed by atoms with Gasteiger partial charge in [-0.25, -0.2) is 9.37 Å². The third-order valence-electron chi connectivity index (χ3n) is 7.01. The lowest BCUT2D eigenvalue weighted by atomic mass is 9.99. The van der Waals surface area contributed by atoms with Crippen molar-refractivity contribution in [3.63, 3.8) is 0 Å². The number of hydrogen-bond donors (Lipinski definition) is 1. The molecule has 0 aliphatic carbocycles. The molecular formula is C30H34Cl2FN6O3S. The predicted molar refractivity (Wildman–Crippen MR) is 170 cm³/mol. The molecule has 0 saturated carbocycles. The molecule has 0 bridgehead atoms. The maximum absolute atomic E-state index is 14.6. The van der Waals surface area contributed by atoms with Gasteiger partial charge < -0.3 is 14.7 Å². The Morgan fingerprint density at radius 3 is 2.53 bits per heavy atom. The highest BCUT2D eigenvalue weighted by Crippen LogP contribution is 2.33. The quantitative estimate of drug-likeness (QED) is 0.186. The molecule has 4 rings (SSSR count). The Bertz CT molecular complexity index is 1630. The van der Waals surface area contributed by atoms with Crippen LogP contribution in [0.1, 0.15) is 43.4 Å². The second-order valence-electron chi connectivity index (χ2n) is 11.0. The summed E-state index contributed by atoms with van der Waals surface area (Å²) in [4.78, 5) is 20.9. The van der Waals surface area contributed by atoms with Crippen molar-refractivity contribution in [2.24, 2.45) is 4.40 Å². The van der Waals surface area contributed by atoms with E-state index in [0.29, 0.717) is 12.2 Å². The molecule has 1 radical (unpaired) electrons. The SMILES string of the molecule is CC(C)c1cc(CN(C)C)ccc1NS(=O)(=O)/N=C(\c1cc(Cl)c(-c2ccccc2F)nc1Cl)N1CCN([C]=O)C[C@@H]1C. The van der Waals surface area contributed by atoms with E-state index >= 15 is 0 Å². The van der Waals surface area contributed by atoms with Gasteiger partial charge in [-0.05, 0) is 62.3 Å². The number of piperazine rings is 1. The van der Waals surface area contributed by atoms with Crippen molar-refractivity contribution in [1.82, 2.24) is 19.7 Å². The number of amidine groups is 1. The second kappa shape index (κ2) is 13.6. The van der Waals surface area contributed by atoms with Crippen LogP contribution >= 0.6 is 23.2 Å². The minimum absolute atomic E-state index is 0.000331. The molecule has 3 aromatic rings. The minimum Gasteiger partial charge on any atom is -0.349 e. The van der Waals surface area contributed by atoms with E-state index in [1.54, 1.807) is 23.1 Å². The number of hydrogen-bond acceptors (Lipinski definition) is 5. The van der Waals surface area contributed by atoms with Crippen LogP contribution in [-0.4, -0.2) is 80.1 Å². The average molecular weight is 649 g/mol. The zero-order valence-electron chi connectivity index (χ0n) is 24.6. The van der Waals surface area contributed by atoms with E-state index in [4.69, 9.17) is 23.2 Å². The van der Waals surface area contributed by atoms with E-state index in [0.717, 1.165) is 11.1 Å². The molecule has 1 fully saturated rings. The van der Waals surface area contributed by atoms with E-state index in [1.807, 2.05) is 58.3 Å². The summed E-state index contributed by atoms with van der Waals surface area (Å²) < 4.78 is 48.7. The molecule has 9 nitrogen and oxygen atoms in total. The third-order valence-corrected chi connectivity index (χ3v) is 8.48. The lowest BCUT2D eigenvalue weighted by Crippen LogP contribution is -2.54. The van der Waals surface area contributed by atoms with Crippen molar-refractivity contribution in [1.29, 1.82) is 0 Å². The summed E-state index contributed by atoms with van der Waals surface area (Å²) in [6.07, 6.45) is 1.89. The summed E-state index contributed by atoms with van der Waals surface area (Å²) in [5.74, 6) is -0.506. The number of nitrogens with one attached hydrogen (secondary N) is 1. The molecule has 2 aromatic carbocycles. The number of nitrogens with zero attached hydrogens (tertiary/aromatic N) is 5. The summed E-state index contributed by atoms with van der Waals surface area (Å²) in [5, 5.41) is -0.0438. The Kier molecular flexibility index (Phi) is 10.3. The molecule has 0 spiro atoms. The van der Waals surface area contributed by atoms with E-state index < -0.39 is 16.0 Å². The smallest absolute Gasteiger partial charge is 0.344 e. The van der Waals surface area contributed by atoms with Gasteiger partial charge in [0.25, 0.3) is 0 Å². The first kappa shape index (κ1) is 32.7. The monoisotopic (exact) mass is 647 g/mol. The first-order valence-corrected chi connectivity index (χ1v) is 15.9. The molecule has 13 heteroatoms. The summed E-state index contributed by atoms with van der Waals surface area (Å²) in [6.45, 7) is 7.32. The van der Waals surface area contributed by atoms with Crippen LogP contribution in [0.2, 0.25) is 10.2 Å². The van der Waals surface area contributed by atoms with Gasteiger partial charge >= 0.3 is 16.6 Å². The predicted octanol–water partition coefficient (Wildman–Crippen LogP) is 5.56. The highest BCUT2D eigenvalue weighted by Gasteiger charge is 2.31. The molecule has 1 atom stereocenters. The van der Waals surface area contributed by atoms with Crippen LogP contribution in [0.4, 0.5) is 10.1 Å². The Hall–Kier alpha value is -3.25. The van der Waals surface area contributed by atoms with Crippen LogP contribution in [0.15, 0.2) is 52.9 Å².